The molecule has 0 bridgehead atoms. The summed E-state index contributed by atoms with van der Waals surface area (Å²) in [5, 5.41) is 5.49. The Morgan fingerprint density at radius 2 is 2.40 bits per heavy atom. The fourth-order valence-electron chi connectivity index (χ4n) is 1.93. The van der Waals surface area contributed by atoms with E-state index in [1.165, 1.54) is 4.88 Å². The number of hydrogen-bond acceptors (Lipinski definition) is 2. The molecule has 0 saturated heterocycles. The van der Waals surface area contributed by atoms with Gasteiger partial charge in [0.15, 0.2) is 5.96 Å². The number of allylic oxidation sites excluding steroid dienone is 1. The number of aliphatic imine (C=N–C) groups is 1. The van der Waals surface area contributed by atoms with Gasteiger partial charge in [0.25, 0.3) is 0 Å². The number of nitrogens with zero attached hydrogens (tertiary/aromatic N) is 2. The first kappa shape index (κ1) is 16.8. The van der Waals surface area contributed by atoms with E-state index >= 15 is 0 Å². The fraction of sp³-hybridized carbons (Fsp3) is 0.562. The molecule has 0 aliphatic carbocycles. The standard InChI is InChI=1S/C16H27N3S/c1-5-7-8-11-19(4)16(17-6-2)18-13-14(3)15-10-9-12-20-15/h5,9-10,12,14H,1,6-8,11,13H2,2-4H3,(H,17,18). The summed E-state index contributed by atoms with van der Waals surface area (Å²) in [6.45, 7) is 10.8. The molecule has 1 heterocycles. The molecule has 1 aromatic heterocycles. The molecule has 0 spiro atoms. The van der Waals surface area contributed by atoms with Crippen molar-refractivity contribution >= 4 is 17.3 Å². The summed E-state index contributed by atoms with van der Waals surface area (Å²) in [6.07, 6.45) is 4.14. The molecule has 112 valence electrons. The van der Waals surface area contributed by atoms with Crippen LogP contribution in [0.15, 0.2) is 35.2 Å². The molecule has 0 aliphatic heterocycles. The smallest absolute Gasteiger partial charge is 0.193 e. The lowest BCUT2D eigenvalue weighted by atomic mass is 10.1. The van der Waals surface area contributed by atoms with Crippen LogP contribution in [0.4, 0.5) is 0 Å². The maximum absolute atomic E-state index is 4.76. The van der Waals surface area contributed by atoms with Crippen molar-refractivity contribution < 1.29 is 0 Å². The first-order chi connectivity index (χ1) is 9.69. The number of unbranched alkanes of at least 4 members (excludes halogenated alkanes) is 1. The Bertz CT molecular complexity index is 398. The van der Waals surface area contributed by atoms with Gasteiger partial charge in [-0.25, -0.2) is 0 Å². The predicted octanol–water partition coefficient (Wildman–Crippen LogP) is 3.72. The third kappa shape index (κ3) is 5.78. The van der Waals surface area contributed by atoms with E-state index in [-0.39, 0.29) is 0 Å². The molecule has 0 radical (unpaired) electrons. The van der Waals surface area contributed by atoms with Gasteiger partial charge in [-0.05, 0) is 31.2 Å². The molecular weight excluding hydrogens is 266 g/mol. The van der Waals surface area contributed by atoms with Crippen LogP contribution in [-0.2, 0) is 0 Å². The SMILES string of the molecule is C=CCCCN(C)C(=NCC(C)c1cccs1)NCC. The van der Waals surface area contributed by atoms with Crippen LogP contribution in [0.1, 0.15) is 37.5 Å². The zero-order chi connectivity index (χ0) is 14.8. The molecule has 4 heteroatoms. The molecule has 1 N–H and O–H groups in total. The van der Waals surface area contributed by atoms with Gasteiger partial charge in [0.2, 0.25) is 0 Å². The van der Waals surface area contributed by atoms with Crippen molar-refractivity contribution in [3.05, 3.63) is 35.0 Å². The second-order valence-corrected chi connectivity index (χ2v) is 5.94. The largest absolute Gasteiger partial charge is 0.357 e. The molecule has 1 unspecified atom stereocenters. The van der Waals surface area contributed by atoms with E-state index in [1.807, 2.05) is 6.08 Å². The zero-order valence-corrected chi connectivity index (χ0v) is 13.7. The normalized spacial score (nSPS) is 13.1. The van der Waals surface area contributed by atoms with Crippen molar-refractivity contribution in [2.45, 2.75) is 32.6 Å². The van der Waals surface area contributed by atoms with Crippen LogP contribution in [0.2, 0.25) is 0 Å². The first-order valence-corrected chi connectivity index (χ1v) is 8.20. The van der Waals surface area contributed by atoms with E-state index in [1.54, 1.807) is 11.3 Å². The average Bonchev–Trinajstić information content (AvgIpc) is 2.97. The summed E-state index contributed by atoms with van der Waals surface area (Å²) in [4.78, 5) is 8.36. The van der Waals surface area contributed by atoms with Crippen molar-refractivity contribution in [2.24, 2.45) is 4.99 Å². The van der Waals surface area contributed by atoms with Gasteiger partial charge in [-0.2, -0.15) is 0 Å². The summed E-state index contributed by atoms with van der Waals surface area (Å²) in [7, 11) is 2.10. The molecule has 0 aliphatic rings. The van der Waals surface area contributed by atoms with Gasteiger partial charge < -0.3 is 10.2 Å². The van der Waals surface area contributed by atoms with Crippen LogP contribution in [-0.4, -0.2) is 37.5 Å². The minimum Gasteiger partial charge on any atom is -0.357 e. The van der Waals surface area contributed by atoms with Gasteiger partial charge in [-0.3, -0.25) is 4.99 Å². The summed E-state index contributed by atoms with van der Waals surface area (Å²) in [5.41, 5.74) is 0. The number of guanidine groups is 1. The Balaban J connectivity index is 2.54. The van der Waals surface area contributed by atoms with Crippen molar-refractivity contribution in [3.63, 3.8) is 0 Å². The van der Waals surface area contributed by atoms with E-state index in [9.17, 15) is 0 Å². The molecule has 20 heavy (non-hydrogen) atoms. The molecule has 0 aromatic carbocycles. The van der Waals surface area contributed by atoms with Gasteiger partial charge in [-0.15, -0.1) is 17.9 Å². The van der Waals surface area contributed by atoms with Gasteiger partial charge in [0, 0.05) is 30.9 Å². The van der Waals surface area contributed by atoms with Crippen LogP contribution >= 0.6 is 11.3 Å². The minimum absolute atomic E-state index is 0.477. The Morgan fingerprint density at radius 3 is 3.00 bits per heavy atom. The molecule has 1 atom stereocenters. The molecule has 0 amide bonds. The van der Waals surface area contributed by atoms with Gasteiger partial charge in [0.1, 0.15) is 0 Å². The van der Waals surface area contributed by atoms with Crippen LogP contribution in [0, 0.1) is 0 Å². The summed E-state index contributed by atoms with van der Waals surface area (Å²) < 4.78 is 0. The van der Waals surface area contributed by atoms with E-state index in [2.05, 4.69) is 55.2 Å². The molecular formula is C16H27N3S. The quantitative estimate of drug-likeness (QED) is 0.342. The van der Waals surface area contributed by atoms with E-state index in [4.69, 9.17) is 4.99 Å². The number of thiophene rings is 1. The lowest BCUT2D eigenvalue weighted by Gasteiger charge is -2.22. The lowest BCUT2D eigenvalue weighted by Crippen LogP contribution is -2.39. The number of nitrogens with one attached hydrogen (secondary N) is 1. The second kappa shape index (κ2) is 9.59. The Hall–Kier alpha value is -1.29. The van der Waals surface area contributed by atoms with Crippen LogP contribution in [0.25, 0.3) is 0 Å². The highest BCUT2D eigenvalue weighted by atomic mass is 32.1. The van der Waals surface area contributed by atoms with Crippen molar-refractivity contribution in [3.8, 4) is 0 Å². The summed E-state index contributed by atoms with van der Waals surface area (Å²) in [6, 6.07) is 4.29. The molecule has 3 nitrogen and oxygen atoms in total. The van der Waals surface area contributed by atoms with Crippen molar-refractivity contribution in [2.75, 3.05) is 26.7 Å². The van der Waals surface area contributed by atoms with Crippen LogP contribution in [0.3, 0.4) is 0 Å². The molecule has 1 rings (SSSR count). The first-order valence-electron chi connectivity index (χ1n) is 7.32. The molecule has 0 fully saturated rings. The van der Waals surface area contributed by atoms with E-state index < -0.39 is 0 Å². The van der Waals surface area contributed by atoms with Crippen LogP contribution in [0.5, 0.6) is 0 Å². The Labute approximate surface area is 127 Å². The predicted molar refractivity (Wildman–Crippen MR) is 90.8 cm³/mol. The Morgan fingerprint density at radius 1 is 1.60 bits per heavy atom. The summed E-state index contributed by atoms with van der Waals surface area (Å²) >= 11 is 1.81. The van der Waals surface area contributed by atoms with Gasteiger partial charge >= 0.3 is 0 Å². The third-order valence-electron chi connectivity index (χ3n) is 3.14. The average molecular weight is 293 g/mol. The number of hydrogen-bond donors (Lipinski definition) is 1. The molecule has 0 saturated carbocycles. The van der Waals surface area contributed by atoms with E-state index in [0.717, 1.165) is 38.4 Å². The van der Waals surface area contributed by atoms with Gasteiger partial charge in [-0.1, -0.05) is 19.1 Å². The second-order valence-electron chi connectivity index (χ2n) is 4.96. The minimum atomic E-state index is 0.477. The fourth-order valence-corrected chi connectivity index (χ4v) is 2.71. The van der Waals surface area contributed by atoms with E-state index in [0.29, 0.717) is 5.92 Å². The monoisotopic (exact) mass is 293 g/mol. The highest BCUT2D eigenvalue weighted by Crippen LogP contribution is 2.20. The maximum atomic E-state index is 4.76. The Kier molecular flexibility index (Phi) is 8.04. The lowest BCUT2D eigenvalue weighted by molar-refractivity contribution is 0.469. The maximum Gasteiger partial charge on any atom is 0.193 e. The van der Waals surface area contributed by atoms with Gasteiger partial charge in [0.05, 0.1) is 6.54 Å². The molecule has 1 aromatic rings. The zero-order valence-electron chi connectivity index (χ0n) is 12.9. The van der Waals surface area contributed by atoms with Crippen molar-refractivity contribution in [1.82, 2.24) is 10.2 Å². The van der Waals surface area contributed by atoms with Crippen molar-refractivity contribution in [1.29, 1.82) is 0 Å². The van der Waals surface area contributed by atoms with Crippen LogP contribution < -0.4 is 5.32 Å². The number of rotatable bonds is 8. The third-order valence-corrected chi connectivity index (χ3v) is 4.25. The topological polar surface area (TPSA) is 27.6 Å². The highest BCUT2D eigenvalue weighted by molar-refractivity contribution is 7.10. The summed E-state index contributed by atoms with van der Waals surface area (Å²) in [5.74, 6) is 1.48. The highest BCUT2D eigenvalue weighted by Gasteiger charge is 2.08.